The molecule has 2 aromatic heterocycles. The van der Waals surface area contributed by atoms with E-state index in [0.29, 0.717) is 0 Å². The van der Waals surface area contributed by atoms with Gasteiger partial charge < -0.3 is 16.0 Å². The third kappa shape index (κ3) is 2.30. The van der Waals surface area contributed by atoms with Crippen LogP contribution in [-0.2, 0) is 6.54 Å². The summed E-state index contributed by atoms with van der Waals surface area (Å²) in [7, 11) is 0. The smallest absolute Gasteiger partial charge is 0.111 e. The SMILES string of the molecule is CCn1cc(C2=CCNc3[nH]ccc32)c(-c2cccc(N)c2)n1. The number of aromatic nitrogens is 3. The van der Waals surface area contributed by atoms with Crippen molar-refractivity contribution in [3.63, 3.8) is 0 Å². The molecule has 3 heterocycles. The van der Waals surface area contributed by atoms with Gasteiger partial charge in [0, 0.05) is 47.9 Å². The predicted octanol–water partition coefficient (Wildman–Crippen LogP) is 3.34. The van der Waals surface area contributed by atoms with Gasteiger partial charge in [-0.1, -0.05) is 18.2 Å². The molecule has 0 amide bonds. The molecule has 4 rings (SSSR count). The quantitative estimate of drug-likeness (QED) is 0.650. The van der Waals surface area contributed by atoms with Crippen LogP contribution >= 0.6 is 0 Å². The zero-order chi connectivity index (χ0) is 15.8. The number of anilines is 2. The van der Waals surface area contributed by atoms with Gasteiger partial charge in [0.15, 0.2) is 0 Å². The van der Waals surface area contributed by atoms with Crippen molar-refractivity contribution in [2.45, 2.75) is 13.5 Å². The summed E-state index contributed by atoms with van der Waals surface area (Å²) in [6, 6.07) is 10.00. The van der Waals surface area contributed by atoms with E-state index in [9.17, 15) is 0 Å². The van der Waals surface area contributed by atoms with Gasteiger partial charge in [0.2, 0.25) is 0 Å². The topological polar surface area (TPSA) is 71.7 Å². The van der Waals surface area contributed by atoms with Crippen molar-refractivity contribution in [1.29, 1.82) is 0 Å². The Balaban J connectivity index is 1.89. The van der Waals surface area contributed by atoms with Crippen LogP contribution in [0.5, 0.6) is 0 Å². The van der Waals surface area contributed by atoms with Crippen molar-refractivity contribution in [3.05, 3.63) is 59.9 Å². The zero-order valence-electron chi connectivity index (χ0n) is 13.0. The van der Waals surface area contributed by atoms with Crippen molar-refractivity contribution < 1.29 is 0 Å². The fourth-order valence-electron chi connectivity index (χ4n) is 3.04. The lowest BCUT2D eigenvalue weighted by Gasteiger charge is -2.16. The van der Waals surface area contributed by atoms with Crippen LogP contribution in [0.15, 0.2) is 48.8 Å². The Bertz CT molecular complexity index is 884. The van der Waals surface area contributed by atoms with E-state index in [1.165, 1.54) is 11.1 Å². The molecule has 0 fully saturated rings. The van der Waals surface area contributed by atoms with E-state index >= 15 is 0 Å². The lowest BCUT2D eigenvalue weighted by atomic mass is 9.95. The molecule has 116 valence electrons. The first-order valence-corrected chi connectivity index (χ1v) is 7.82. The highest BCUT2D eigenvalue weighted by atomic mass is 15.3. The molecule has 5 nitrogen and oxygen atoms in total. The van der Waals surface area contributed by atoms with E-state index in [2.05, 4.69) is 41.6 Å². The molecule has 0 saturated carbocycles. The molecule has 0 spiro atoms. The van der Waals surface area contributed by atoms with Gasteiger partial charge in [0.05, 0.1) is 0 Å². The van der Waals surface area contributed by atoms with Crippen LogP contribution in [0.1, 0.15) is 18.1 Å². The van der Waals surface area contributed by atoms with E-state index in [1.807, 2.05) is 29.1 Å². The number of hydrogen-bond donors (Lipinski definition) is 3. The summed E-state index contributed by atoms with van der Waals surface area (Å²) >= 11 is 0. The van der Waals surface area contributed by atoms with Gasteiger partial charge in [-0.05, 0) is 30.7 Å². The van der Waals surface area contributed by atoms with E-state index in [-0.39, 0.29) is 0 Å². The molecular formula is C18H19N5. The third-order valence-electron chi connectivity index (χ3n) is 4.16. The van der Waals surface area contributed by atoms with E-state index in [4.69, 9.17) is 10.8 Å². The maximum atomic E-state index is 5.96. The second-order valence-electron chi connectivity index (χ2n) is 5.64. The van der Waals surface area contributed by atoms with Crippen LogP contribution < -0.4 is 11.1 Å². The molecule has 1 aliphatic rings. The molecule has 4 N–H and O–H groups in total. The molecule has 1 aliphatic heterocycles. The molecule has 0 radical (unpaired) electrons. The Morgan fingerprint density at radius 3 is 3.00 bits per heavy atom. The summed E-state index contributed by atoms with van der Waals surface area (Å²) in [6.45, 7) is 3.73. The van der Waals surface area contributed by atoms with Gasteiger partial charge in [-0.3, -0.25) is 4.68 Å². The van der Waals surface area contributed by atoms with Crippen LogP contribution in [0.25, 0.3) is 16.8 Å². The summed E-state index contributed by atoms with van der Waals surface area (Å²) in [5.41, 5.74) is 12.2. The largest absolute Gasteiger partial charge is 0.399 e. The summed E-state index contributed by atoms with van der Waals surface area (Å²) in [4.78, 5) is 3.25. The molecule has 1 aromatic carbocycles. The molecule has 0 aliphatic carbocycles. The molecule has 0 bridgehead atoms. The first-order chi connectivity index (χ1) is 11.3. The van der Waals surface area contributed by atoms with Crippen molar-refractivity contribution in [2.75, 3.05) is 17.6 Å². The van der Waals surface area contributed by atoms with Gasteiger partial charge in [0.1, 0.15) is 11.5 Å². The highest BCUT2D eigenvalue weighted by Crippen LogP contribution is 2.36. The zero-order valence-corrected chi connectivity index (χ0v) is 13.0. The number of aryl methyl sites for hydroxylation is 1. The first kappa shape index (κ1) is 13.7. The summed E-state index contributed by atoms with van der Waals surface area (Å²) in [5.74, 6) is 1.06. The van der Waals surface area contributed by atoms with Crippen LogP contribution in [0.4, 0.5) is 11.5 Å². The minimum absolute atomic E-state index is 0.751. The lowest BCUT2D eigenvalue weighted by Crippen LogP contribution is -2.07. The minimum Gasteiger partial charge on any atom is -0.399 e. The van der Waals surface area contributed by atoms with Crippen LogP contribution in [0.2, 0.25) is 0 Å². The average molecular weight is 305 g/mol. The third-order valence-corrected chi connectivity index (χ3v) is 4.16. The van der Waals surface area contributed by atoms with Crippen molar-refractivity contribution in [3.8, 4) is 11.3 Å². The molecule has 5 heteroatoms. The Morgan fingerprint density at radius 1 is 1.26 bits per heavy atom. The molecule has 0 saturated heterocycles. The van der Waals surface area contributed by atoms with Gasteiger partial charge in [0.25, 0.3) is 0 Å². The number of fused-ring (bicyclic) bond motifs is 1. The van der Waals surface area contributed by atoms with Crippen LogP contribution in [0.3, 0.4) is 0 Å². The summed E-state index contributed by atoms with van der Waals surface area (Å²) < 4.78 is 1.98. The van der Waals surface area contributed by atoms with Gasteiger partial charge in [-0.15, -0.1) is 0 Å². The van der Waals surface area contributed by atoms with Crippen molar-refractivity contribution in [2.24, 2.45) is 0 Å². The number of nitrogens with one attached hydrogen (secondary N) is 2. The standard InChI is InChI=1S/C18H19N5/c1-2-23-11-16(14-6-8-20-18-15(14)7-9-21-18)17(22-23)12-4-3-5-13(19)10-12/h3-7,9-11,20-21H,2,8,19H2,1H3. The number of nitrogen functional groups attached to an aromatic ring is 1. The number of aromatic amines is 1. The highest BCUT2D eigenvalue weighted by molar-refractivity contribution is 5.92. The van der Waals surface area contributed by atoms with Gasteiger partial charge in [-0.25, -0.2) is 0 Å². The first-order valence-electron chi connectivity index (χ1n) is 7.82. The summed E-state index contributed by atoms with van der Waals surface area (Å²) in [5, 5.41) is 8.11. The summed E-state index contributed by atoms with van der Waals surface area (Å²) in [6.07, 6.45) is 6.29. The Kier molecular flexibility index (Phi) is 3.19. The van der Waals surface area contributed by atoms with Crippen LogP contribution in [0, 0.1) is 0 Å². The molecule has 3 aromatic rings. The second kappa shape index (κ2) is 5.35. The fraction of sp³-hybridized carbons (Fsp3) is 0.167. The second-order valence-corrected chi connectivity index (χ2v) is 5.64. The Morgan fingerprint density at radius 2 is 2.17 bits per heavy atom. The maximum absolute atomic E-state index is 5.96. The number of benzene rings is 1. The normalized spacial score (nSPS) is 13.3. The molecular weight excluding hydrogens is 286 g/mol. The lowest BCUT2D eigenvalue weighted by molar-refractivity contribution is 0.662. The van der Waals surface area contributed by atoms with E-state index in [0.717, 1.165) is 41.4 Å². The predicted molar refractivity (Wildman–Crippen MR) is 94.1 cm³/mol. The Labute approximate surface area is 134 Å². The maximum Gasteiger partial charge on any atom is 0.111 e. The number of H-pyrrole nitrogens is 1. The minimum atomic E-state index is 0.751. The van der Waals surface area contributed by atoms with Crippen molar-refractivity contribution in [1.82, 2.24) is 14.8 Å². The average Bonchev–Trinajstić information content (AvgIpc) is 3.21. The number of nitrogens with zero attached hydrogens (tertiary/aromatic N) is 2. The van der Waals surface area contributed by atoms with Gasteiger partial charge in [-0.2, -0.15) is 5.10 Å². The van der Waals surface area contributed by atoms with Crippen molar-refractivity contribution >= 4 is 17.1 Å². The monoisotopic (exact) mass is 305 g/mol. The Hall–Kier alpha value is -2.95. The van der Waals surface area contributed by atoms with Crippen LogP contribution in [-0.4, -0.2) is 21.3 Å². The molecule has 23 heavy (non-hydrogen) atoms. The van der Waals surface area contributed by atoms with Gasteiger partial charge >= 0.3 is 0 Å². The number of rotatable bonds is 3. The molecule has 0 atom stereocenters. The fourth-order valence-corrected chi connectivity index (χ4v) is 3.04. The number of hydrogen-bond acceptors (Lipinski definition) is 3. The highest BCUT2D eigenvalue weighted by Gasteiger charge is 2.20. The van der Waals surface area contributed by atoms with E-state index in [1.54, 1.807) is 0 Å². The molecule has 0 unspecified atom stereocenters. The number of nitrogens with two attached hydrogens (primary N) is 1. The van der Waals surface area contributed by atoms with E-state index < -0.39 is 0 Å².